The number of benzene rings is 1. The Balaban J connectivity index is -0.000000230. The minimum atomic E-state index is -0.985. The van der Waals surface area contributed by atoms with E-state index in [-0.39, 0.29) is 5.57 Å². The van der Waals surface area contributed by atoms with E-state index in [1.165, 1.54) is 62.3 Å². The summed E-state index contributed by atoms with van der Waals surface area (Å²) in [5.74, 6) is -0.489. The number of nitrogens with one attached hydrogen (secondary N) is 1. The van der Waals surface area contributed by atoms with Crippen LogP contribution in [0.15, 0.2) is 91.1 Å². The predicted octanol–water partition coefficient (Wildman–Crippen LogP) is 9.41. The van der Waals surface area contributed by atoms with E-state index in [0.717, 1.165) is 19.5 Å². The average molecular weight is 585 g/mol. The molecule has 0 amide bonds. The van der Waals surface area contributed by atoms with Gasteiger partial charge in [-0.2, -0.15) is 0 Å². The second-order valence-electron chi connectivity index (χ2n) is 9.83. The van der Waals surface area contributed by atoms with Crippen molar-refractivity contribution in [2.45, 2.75) is 92.4 Å². The first kappa shape index (κ1) is 46.0. The molecule has 0 bridgehead atoms. The van der Waals surface area contributed by atoms with Crippen molar-refractivity contribution in [1.29, 1.82) is 0 Å². The third-order valence-electron chi connectivity index (χ3n) is 5.77. The number of carbonyl (C=O) groups excluding carboxylic acids is 1. The SMILES string of the molecule is C=C(/C=C\C=C/C)C(=O)O.C=C(CC)C(C)c1ccccc1.C=O.CCCC/C=C/CNCCCC.CCCN(C)C. The number of hydrogen-bond donors (Lipinski definition) is 2. The van der Waals surface area contributed by atoms with E-state index in [0.29, 0.717) is 5.92 Å². The lowest BCUT2D eigenvalue weighted by molar-refractivity contribution is -0.132. The zero-order chi connectivity index (χ0) is 33.0. The molecule has 0 radical (unpaired) electrons. The zero-order valence-electron chi connectivity index (χ0n) is 28.3. The van der Waals surface area contributed by atoms with Gasteiger partial charge < -0.3 is 20.1 Å². The molecular formula is C37H64N2O3. The molecule has 1 rings (SSSR count). The molecule has 1 atom stereocenters. The molecule has 0 aliphatic heterocycles. The van der Waals surface area contributed by atoms with Gasteiger partial charge in [-0.15, -0.1) is 0 Å². The molecule has 0 aromatic heterocycles. The molecule has 0 spiro atoms. The fourth-order valence-electron chi connectivity index (χ4n) is 3.10. The van der Waals surface area contributed by atoms with E-state index in [1.807, 2.05) is 25.9 Å². The third-order valence-corrected chi connectivity index (χ3v) is 5.77. The summed E-state index contributed by atoms with van der Waals surface area (Å²) in [4.78, 5) is 20.3. The summed E-state index contributed by atoms with van der Waals surface area (Å²) in [5.41, 5.74) is 2.77. The first-order valence-electron chi connectivity index (χ1n) is 15.4. The van der Waals surface area contributed by atoms with Crippen molar-refractivity contribution < 1.29 is 14.7 Å². The quantitative estimate of drug-likeness (QED) is 0.0876. The van der Waals surface area contributed by atoms with Gasteiger partial charge in [-0.3, -0.25) is 0 Å². The lowest BCUT2D eigenvalue weighted by Crippen LogP contribution is -2.14. The molecule has 5 nitrogen and oxygen atoms in total. The van der Waals surface area contributed by atoms with Crippen molar-refractivity contribution in [3.8, 4) is 0 Å². The lowest BCUT2D eigenvalue weighted by Gasteiger charge is -2.12. The molecule has 0 fully saturated rings. The Hall–Kier alpha value is -3.02. The van der Waals surface area contributed by atoms with Gasteiger partial charge in [-0.05, 0) is 71.4 Å². The van der Waals surface area contributed by atoms with E-state index in [1.54, 1.807) is 12.2 Å². The van der Waals surface area contributed by atoms with Crippen LogP contribution >= 0.6 is 0 Å². The number of hydrogen-bond acceptors (Lipinski definition) is 4. The number of carboxylic acids is 1. The molecule has 1 aromatic carbocycles. The first-order valence-corrected chi connectivity index (χ1v) is 15.4. The highest BCUT2D eigenvalue weighted by Gasteiger charge is 2.05. The van der Waals surface area contributed by atoms with Crippen LogP contribution in [0.3, 0.4) is 0 Å². The molecule has 42 heavy (non-hydrogen) atoms. The van der Waals surface area contributed by atoms with E-state index >= 15 is 0 Å². The smallest absolute Gasteiger partial charge is 0.335 e. The van der Waals surface area contributed by atoms with Gasteiger partial charge in [-0.1, -0.05) is 133 Å². The number of carboxylic acid groups (broad SMARTS) is 1. The first-order chi connectivity index (χ1) is 20.1. The van der Waals surface area contributed by atoms with Gasteiger partial charge in [0, 0.05) is 12.5 Å². The molecule has 0 aliphatic carbocycles. The predicted molar refractivity (Wildman–Crippen MR) is 187 cm³/mol. The van der Waals surface area contributed by atoms with Crippen LogP contribution in [0.4, 0.5) is 0 Å². The number of nitrogens with zero attached hydrogens (tertiary/aromatic N) is 1. The molecule has 240 valence electrons. The van der Waals surface area contributed by atoms with Crippen LogP contribution in [-0.2, 0) is 9.59 Å². The molecule has 0 aliphatic rings. The molecular weight excluding hydrogens is 520 g/mol. The van der Waals surface area contributed by atoms with Crippen LogP contribution in [0, 0.1) is 0 Å². The highest BCUT2D eigenvalue weighted by Crippen LogP contribution is 2.23. The summed E-state index contributed by atoms with van der Waals surface area (Å²) >= 11 is 0. The molecule has 5 heteroatoms. The Bertz CT molecular complexity index is 827. The Kier molecular flexibility index (Phi) is 41.6. The van der Waals surface area contributed by atoms with Crippen LogP contribution in [0.5, 0.6) is 0 Å². The second kappa shape index (κ2) is 38.0. The van der Waals surface area contributed by atoms with Crippen molar-refractivity contribution in [2.75, 3.05) is 33.7 Å². The molecule has 1 aromatic rings. The van der Waals surface area contributed by atoms with Gasteiger partial charge in [0.2, 0.25) is 0 Å². The van der Waals surface area contributed by atoms with Crippen molar-refractivity contribution in [3.63, 3.8) is 0 Å². The van der Waals surface area contributed by atoms with Crippen LogP contribution < -0.4 is 5.32 Å². The van der Waals surface area contributed by atoms with Gasteiger partial charge in [0.1, 0.15) is 6.79 Å². The maximum absolute atomic E-state index is 10.1. The largest absolute Gasteiger partial charge is 0.478 e. The van der Waals surface area contributed by atoms with Crippen molar-refractivity contribution >= 4 is 12.8 Å². The minimum Gasteiger partial charge on any atom is -0.478 e. The maximum Gasteiger partial charge on any atom is 0.335 e. The highest BCUT2D eigenvalue weighted by atomic mass is 16.4. The number of carbonyl (C=O) groups is 2. The number of rotatable bonds is 16. The normalized spacial score (nSPS) is 10.9. The maximum atomic E-state index is 10.1. The van der Waals surface area contributed by atoms with Gasteiger partial charge in [-0.25, -0.2) is 4.79 Å². The fraction of sp³-hybridized carbons (Fsp3) is 0.514. The molecule has 1 unspecified atom stereocenters. The zero-order valence-corrected chi connectivity index (χ0v) is 28.3. The van der Waals surface area contributed by atoms with Gasteiger partial charge in [0.15, 0.2) is 0 Å². The van der Waals surface area contributed by atoms with E-state index in [9.17, 15) is 4.79 Å². The Morgan fingerprint density at radius 1 is 0.952 bits per heavy atom. The average Bonchev–Trinajstić information content (AvgIpc) is 3.00. The summed E-state index contributed by atoms with van der Waals surface area (Å²) in [6.07, 6.45) is 19.9. The van der Waals surface area contributed by atoms with Crippen molar-refractivity contribution in [1.82, 2.24) is 10.2 Å². The minimum absolute atomic E-state index is 0.0955. The van der Waals surface area contributed by atoms with Crippen LogP contribution in [0.25, 0.3) is 0 Å². The standard InChI is InChI=1S/C12H16.C11H23N.C8H10O2.C5H13N.CH2O/c1-4-10(2)11(3)12-8-6-5-7-9-12;1-3-5-7-8-9-11-12-10-6-4-2;1-3-4-5-6-7(2)8(9)10;1-4-5-6(2)3;1-2/h5-9,11H,2,4H2,1,3H3;8-9,12H,3-7,10-11H2,1-2H3;3-6H,2H2,1H3,(H,9,10);4-5H2,1-3H3;1H2/b;9-8+;4-3-,6-5-;;. The summed E-state index contributed by atoms with van der Waals surface area (Å²) < 4.78 is 0. The molecule has 0 heterocycles. The van der Waals surface area contributed by atoms with Crippen molar-refractivity contribution in [3.05, 3.63) is 96.7 Å². The fourth-order valence-corrected chi connectivity index (χ4v) is 3.10. The number of allylic oxidation sites excluding steroid dienone is 5. The Morgan fingerprint density at radius 2 is 1.55 bits per heavy atom. The molecule has 0 saturated carbocycles. The number of aliphatic carboxylic acids is 1. The molecule has 2 N–H and O–H groups in total. The van der Waals surface area contributed by atoms with E-state index < -0.39 is 5.97 Å². The van der Waals surface area contributed by atoms with Gasteiger partial charge in [0.25, 0.3) is 0 Å². The summed E-state index contributed by atoms with van der Waals surface area (Å²) in [6.45, 7) is 25.6. The molecule has 0 saturated heterocycles. The summed E-state index contributed by atoms with van der Waals surface area (Å²) in [5, 5.41) is 11.7. The van der Waals surface area contributed by atoms with Crippen LogP contribution in [0.1, 0.15) is 98.0 Å². The van der Waals surface area contributed by atoms with Crippen LogP contribution in [-0.4, -0.2) is 56.5 Å². The van der Waals surface area contributed by atoms with Crippen LogP contribution in [0.2, 0.25) is 0 Å². The summed E-state index contributed by atoms with van der Waals surface area (Å²) in [6, 6.07) is 10.5. The van der Waals surface area contributed by atoms with Gasteiger partial charge in [0.05, 0.1) is 5.57 Å². The topological polar surface area (TPSA) is 69.6 Å². The number of unbranched alkanes of at least 4 members (excludes halogenated alkanes) is 3. The Labute approximate surface area is 260 Å². The lowest BCUT2D eigenvalue weighted by atomic mass is 9.93. The van der Waals surface area contributed by atoms with E-state index in [4.69, 9.17) is 9.90 Å². The summed E-state index contributed by atoms with van der Waals surface area (Å²) in [7, 11) is 4.17. The highest BCUT2D eigenvalue weighted by molar-refractivity contribution is 5.89. The van der Waals surface area contributed by atoms with E-state index in [2.05, 4.69) is 109 Å². The Morgan fingerprint density at radius 3 is 1.98 bits per heavy atom. The second-order valence-corrected chi connectivity index (χ2v) is 9.83. The van der Waals surface area contributed by atoms with Gasteiger partial charge >= 0.3 is 5.97 Å². The van der Waals surface area contributed by atoms with Crippen molar-refractivity contribution in [2.24, 2.45) is 0 Å². The third kappa shape index (κ3) is 37.0. The monoisotopic (exact) mass is 584 g/mol.